The highest BCUT2D eigenvalue weighted by Gasteiger charge is 2.10. The van der Waals surface area contributed by atoms with Crippen LogP contribution < -0.4 is 0 Å². The lowest BCUT2D eigenvalue weighted by Crippen LogP contribution is -1.96. The van der Waals surface area contributed by atoms with Crippen molar-refractivity contribution in [2.24, 2.45) is 0 Å². The maximum atomic E-state index is 9.60. The largest absolute Gasteiger partial charge is 0.508 e. The quantitative estimate of drug-likeness (QED) is 0.538. The molecule has 0 heterocycles. The first-order chi connectivity index (χ1) is 12.0. The van der Waals surface area contributed by atoms with E-state index in [-0.39, 0.29) is 5.75 Å². The van der Waals surface area contributed by atoms with Crippen LogP contribution in [0.2, 0.25) is 10.0 Å². The molecule has 0 radical (unpaired) electrons. The minimum atomic E-state index is 0.259. The number of aromatic hydroxyl groups is 1. The summed E-state index contributed by atoms with van der Waals surface area (Å²) < 4.78 is 0. The predicted molar refractivity (Wildman–Crippen MR) is 106 cm³/mol. The van der Waals surface area contributed by atoms with E-state index in [1.807, 2.05) is 60.7 Å². The summed E-state index contributed by atoms with van der Waals surface area (Å²) in [4.78, 5) is 0. The summed E-state index contributed by atoms with van der Waals surface area (Å²) in [6, 6.07) is 23.0. The Balaban J connectivity index is 2.06. The molecule has 1 N–H and O–H groups in total. The molecule has 0 aliphatic heterocycles. The van der Waals surface area contributed by atoms with Crippen molar-refractivity contribution in [2.45, 2.75) is 13.3 Å². The number of phenols is 1. The van der Waals surface area contributed by atoms with Crippen LogP contribution in [0, 0.1) is 0 Å². The van der Waals surface area contributed by atoms with Crippen LogP contribution in [0.4, 0.5) is 0 Å². The molecule has 0 saturated carbocycles. The lowest BCUT2D eigenvalue weighted by molar-refractivity contribution is 0.475. The Labute approximate surface area is 158 Å². The van der Waals surface area contributed by atoms with Gasteiger partial charge in [0.05, 0.1) is 0 Å². The molecule has 0 aliphatic carbocycles. The standard InChI is InChI=1S/C22H18Cl2O/c1-15(14-16-2-8-19(23)9-3-16)22(17-4-10-20(24)11-5-17)18-6-12-21(25)13-7-18/h2-13,25H,14H2,1H3/b22-15+. The Kier molecular flexibility index (Phi) is 5.47. The summed E-state index contributed by atoms with van der Waals surface area (Å²) in [6.07, 6.45) is 0.815. The van der Waals surface area contributed by atoms with Crippen molar-refractivity contribution in [1.29, 1.82) is 0 Å². The van der Waals surface area contributed by atoms with Crippen LogP contribution in [0.15, 0.2) is 78.4 Å². The second-order valence-electron chi connectivity index (χ2n) is 6.01. The molecule has 0 spiro atoms. The first kappa shape index (κ1) is 17.6. The molecule has 1 nitrogen and oxygen atoms in total. The first-order valence-corrected chi connectivity index (χ1v) is 8.78. The Bertz CT molecular complexity index is 829. The molecular weight excluding hydrogens is 351 g/mol. The molecule has 0 aromatic heterocycles. The van der Waals surface area contributed by atoms with Crippen LogP contribution in [0.1, 0.15) is 23.6 Å². The van der Waals surface area contributed by atoms with Crippen molar-refractivity contribution < 1.29 is 5.11 Å². The van der Waals surface area contributed by atoms with Gasteiger partial charge in [0.1, 0.15) is 5.75 Å². The molecule has 0 fully saturated rings. The highest BCUT2D eigenvalue weighted by atomic mass is 35.5. The molecule has 0 unspecified atom stereocenters. The minimum absolute atomic E-state index is 0.259. The van der Waals surface area contributed by atoms with Crippen LogP contribution in [0.3, 0.4) is 0 Å². The second kappa shape index (κ2) is 7.77. The van der Waals surface area contributed by atoms with Gasteiger partial charge >= 0.3 is 0 Å². The van der Waals surface area contributed by atoms with Crippen molar-refractivity contribution in [3.63, 3.8) is 0 Å². The number of allylic oxidation sites excluding steroid dienone is 1. The van der Waals surface area contributed by atoms with E-state index < -0.39 is 0 Å². The van der Waals surface area contributed by atoms with Gasteiger partial charge in [-0.05, 0) is 72.0 Å². The maximum absolute atomic E-state index is 9.60. The minimum Gasteiger partial charge on any atom is -0.508 e. The number of benzene rings is 3. The molecule has 0 saturated heterocycles. The first-order valence-electron chi connectivity index (χ1n) is 8.02. The van der Waals surface area contributed by atoms with Crippen molar-refractivity contribution in [3.05, 3.63) is 105 Å². The van der Waals surface area contributed by atoms with E-state index in [0.29, 0.717) is 5.02 Å². The molecule has 0 atom stereocenters. The van der Waals surface area contributed by atoms with E-state index >= 15 is 0 Å². The van der Waals surface area contributed by atoms with Gasteiger partial charge in [-0.2, -0.15) is 0 Å². The zero-order valence-corrected chi connectivity index (χ0v) is 15.4. The van der Waals surface area contributed by atoms with E-state index in [1.165, 1.54) is 11.1 Å². The van der Waals surface area contributed by atoms with Gasteiger partial charge in [-0.25, -0.2) is 0 Å². The zero-order chi connectivity index (χ0) is 17.8. The summed E-state index contributed by atoms with van der Waals surface area (Å²) in [5.41, 5.74) is 5.74. The highest BCUT2D eigenvalue weighted by Crippen LogP contribution is 2.30. The summed E-state index contributed by atoms with van der Waals surface area (Å²) >= 11 is 12.0. The second-order valence-corrected chi connectivity index (χ2v) is 6.89. The third-order valence-electron chi connectivity index (χ3n) is 4.10. The highest BCUT2D eigenvalue weighted by molar-refractivity contribution is 6.30. The zero-order valence-electron chi connectivity index (χ0n) is 13.8. The molecule has 0 aliphatic rings. The molecular formula is C22H18Cl2O. The average molecular weight is 369 g/mol. The summed E-state index contributed by atoms with van der Waals surface area (Å²) in [5, 5.41) is 11.0. The van der Waals surface area contributed by atoms with Gasteiger partial charge in [0.15, 0.2) is 0 Å². The van der Waals surface area contributed by atoms with Crippen molar-refractivity contribution in [3.8, 4) is 5.75 Å². The Morgan fingerprint density at radius 1 is 0.720 bits per heavy atom. The normalized spacial score (nSPS) is 12.0. The topological polar surface area (TPSA) is 20.2 Å². The molecule has 3 heteroatoms. The number of hydrogen-bond donors (Lipinski definition) is 1. The molecule has 126 valence electrons. The van der Waals surface area contributed by atoms with Gasteiger partial charge in [-0.1, -0.05) is 65.2 Å². The monoisotopic (exact) mass is 368 g/mol. The van der Waals surface area contributed by atoms with Gasteiger partial charge in [0.2, 0.25) is 0 Å². The SMILES string of the molecule is C/C(Cc1ccc(Cl)cc1)=C(\c1ccc(O)cc1)c1ccc(Cl)cc1. The van der Waals surface area contributed by atoms with Crippen LogP contribution in [0.5, 0.6) is 5.75 Å². The average Bonchev–Trinajstić information content (AvgIpc) is 2.60. The van der Waals surface area contributed by atoms with E-state index in [2.05, 4.69) is 6.92 Å². The van der Waals surface area contributed by atoms with E-state index in [4.69, 9.17) is 23.2 Å². The van der Waals surface area contributed by atoms with Gasteiger partial charge in [0.25, 0.3) is 0 Å². The number of rotatable bonds is 4. The molecule has 3 aromatic rings. The summed E-state index contributed by atoms with van der Waals surface area (Å²) in [6.45, 7) is 2.13. The third kappa shape index (κ3) is 4.45. The molecule has 25 heavy (non-hydrogen) atoms. The van der Waals surface area contributed by atoms with Crippen molar-refractivity contribution >= 4 is 28.8 Å². The Hall–Kier alpha value is -2.22. The number of hydrogen-bond acceptors (Lipinski definition) is 1. The molecule has 3 rings (SSSR count). The molecule has 0 bridgehead atoms. The van der Waals surface area contributed by atoms with Gasteiger partial charge in [-0.3, -0.25) is 0 Å². The van der Waals surface area contributed by atoms with Crippen LogP contribution in [0.25, 0.3) is 5.57 Å². The summed E-state index contributed by atoms with van der Waals surface area (Å²) in [7, 11) is 0. The smallest absolute Gasteiger partial charge is 0.115 e. The Morgan fingerprint density at radius 2 is 1.16 bits per heavy atom. The maximum Gasteiger partial charge on any atom is 0.115 e. The van der Waals surface area contributed by atoms with Gasteiger partial charge < -0.3 is 5.11 Å². The van der Waals surface area contributed by atoms with Crippen LogP contribution >= 0.6 is 23.2 Å². The molecule has 0 amide bonds. The summed E-state index contributed by atoms with van der Waals surface area (Å²) in [5.74, 6) is 0.259. The van der Waals surface area contributed by atoms with Gasteiger partial charge in [-0.15, -0.1) is 0 Å². The van der Waals surface area contributed by atoms with Crippen LogP contribution in [-0.4, -0.2) is 5.11 Å². The molecule has 3 aromatic carbocycles. The van der Waals surface area contributed by atoms with E-state index in [9.17, 15) is 5.11 Å². The lowest BCUT2D eigenvalue weighted by atomic mass is 9.91. The van der Waals surface area contributed by atoms with E-state index in [1.54, 1.807) is 12.1 Å². The number of halogens is 2. The van der Waals surface area contributed by atoms with Crippen LogP contribution in [-0.2, 0) is 6.42 Å². The fraction of sp³-hybridized carbons (Fsp3) is 0.0909. The Morgan fingerprint density at radius 3 is 1.68 bits per heavy atom. The fourth-order valence-corrected chi connectivity index (χ4v) is 3.15. The van der Waals surface area contributed by atoms with Gasteiger partial charge in [0, 0.05) is 10.0 Å². The number of phenolic OH excluding ortho intramolecular Hbond substituents is 1. The van der Waals surface area contributed by atoms with Crippen molar-refractivity contribution in [2.75, 3.05) is 0 Å². The van der Waals surface area contributed by atoms with Crippen molar-refractivity contribution in [1.82, 2.24) is 0 Å². The predicted octanol–water partition coefficient (Wildman–Crippen LogP) is 6.76. The third-order valence-corrected chi connectivity index (χ3v) is 4.60. The fourth-order valence-electron chi connectivity index (χ4n) is 2.90. The van der Waals surface area contributed by atoms with E-state index in [0.717, 1.165) is 28.1 Å². The lowest BCUT2D eigenvalue weighted by Gasteiger charge is -2.14.